The van der Waals surface area contributed by atoms with E-state index in [0.29, 0.717) is 10.0 Å². The van der Waals surface area contributed by atoms with Crippen LogP contribution in [0.1, 0.15) is 24.0 Å². The number of allylic oxidation sites excluding steroid dienone is 4. The van der Waals surface area contributed by atoms with Crippen molar-refractivity contribution in [1.82, 2.24) is 9.78 Å². The van der Waals surface area contributed by atoms with Gasteiger partial charge >= 0.3 is 0 Å². The molecule has 4 aromatic carbocycles. The zero-order chi connectivity index (χ0) is 26.1. The summed E-state index contributed by atoms with van der Waals surface area (Å²) < 4.78 is 2.18. The fourth-order valence-corrected chi connectivity index (χ4v) is 6.21. The van der Waals surface area contributed by atoms with Gasteiger partial charge in [0.1, 0.15) is 5.54 Å². The Morgan fingerprint density at radius 2 is 1.45 bits per heavy atom. The maximum Gasteiger partial charge on any atom is 0.155 e. The molecule has 0 unspecified atom stereocenters. The molecule has 0 radical (unpaired) electrons. The summed E-state index contributed by atoms with van der Waals surface area (Å²) in [6.07, 6.45) is 8.89. The van der Waals surface area contributed by atoms with Gasteiger partial charge in [-0.3, -0.25) is 0 Å². The van der Waals surface area contributed by atoms with Gasteiger partial charge in [-0.25, -0.2) is 4.68 Å². The van der Waals surface area contributed by atoms with E-state index in [1.54, 1.807) is 0 Å². The van der Waals surface area contributed by atoms with Crippen molar-refractivity contribution >= 4 is 39.9 Å². The van der Waals surface area contributed by atoms with Gasteiger partial charge in [-0.15, -0.1) is 0 Å². The third-order valence-corrected chi connectivity index (χ3v) is 7.91. The molecule has 5 aromatic rings. The van der Waals surface area contributed by atoms with Gasteiger partial charge in [0.2, 0.25) is 0 Å². The number of rotatable bonds is 6. The van der Waals surface area contributed by atoms with Crippen molar-refractivity contribution in [3.63, 3.8) is 0 Å². The largest absolute Gasteiger partial charge is 0.371 e. The summed E-state index contributed by atoms with van der Waals surface area (Å²) in [4.78, 5) is 0. The summed E-state index contributed by atoms with van der Waals surface area (Å²) >= 11 is 13.2. The van der Waals surface area contributed by atoms with Gasteiger partial charge in [0.05, 0.1) is 5.52 Å². The second kappa shape index (κ2) is 10.2. The van der Waals surface area contributed by atoms with Gasteiger partial charge in [0.25, 0.3) is 0 Å². The highest BCUT2D eigenvalue weighted by Crippen LogP contribution is 2.46. The van der Waals surface area contributed by atoms with Gasteiger partial charge < -0.3 is 5.32 Å². The predicted octanol–water partition coefficient (Wildman–Crippen LogP) is 9.12. The Hall–Kier alpha value is -3.79. The molecule has 0 saturated carbocycles. The molecular weight excluding hydrogens is 509 g/mol. The zero-order valence-corrected chi connectivity index (χ0v) is 22.5. The number of hydrogen-bond acceptors (Lipinski definition) is 2. The first-order valence-corrected chi connectivity index (χ1v) is 13.5. The number of hydrogen-bond donors (Lipinski definition) is 1. The molecule has 1 heterocycles. The summed E-state index contributed by atoms with van der Waals surface area (Å²) in [5.74, 6) is 0.793. The van der Waals surface area contributed by atoms with Gasteiger partial charge in [-0.05, 0) is 59.4 Å². The molecule has 1 aliphatic rings. The minimum Gasteiger partial charge on any atom is -0.371 e. The first kappa shape index (κ1) is 24.5. The molecule has 1 aliphatic carbocycles. The van der Waals surface area contributed by atoms with Crippen LogP contribution in [0.2, 0.25) is 10.0 Å². The monoisotopic (exact) mass is 535 g/mol. The third-order valence-electron chi connectivity index (χ3n) is 7.28. The van der Waals surface area contributed by atoms with E-state index in [4.69, 9.17) is 28.3 Å². The molecule has 188 valence electrons. The Morgan fingerprint density at radius 1 is 0.789 bits per heavy atom. The second-order valence-corrected chi connectivity index (χ2v) is 10.2. The maximum atomic E-state index is 6.59. The number of benzene rings is 4. The molecule has 1 N–H and O–H groups in total. The van der Waals surface area contributed by atoms with E-state index >= 15 is 0 Å². The Bertz CT molecular complexity index is 1610. The van der Waals surface area contributed by atoms with Crippen molar-refractivity contribution in [3.05, 3.63) is 142 Å². The quantitative estimate of drug-likeness (QED) is 0.235. The molecule has 1 aromatic heterocycles. The molecule has 0 fully saturated rings. The van der Waals surface area contributed by atoms with Gasteiger partial charge in [0.15, 0.2) is 5.82 Å². The summed E-state index contributed by atoms with van der Waals surface area (Å²) in [7, 11) is 1.91. The number of fused-ring (bicyclic) bond motifs is 1. The van der Waals surface area contributed by atoms with Crippen LogP contribution < -0.4 is 5.32 Å². The van der Waals surface area contributed by atoms with Crippen LogP contribution in [-0.2, 0) is 5.54 Å². The molecule has 3 nitrogen and oxygen atoms in total. The second-order valence-electron chi connectivity index (χ2n) is 9.42. The van der Waals surface area contributed by atoms with E-state index in [0.717, 1.165) is 51.8 Å². The highest BCUT2D eigenvalue weighted by molar-refractivity contribution is 6.39. The lowest BCUT2D eigenvalue weighted by Gasteiger charge is -2.38. The van der Waals surface area contributed by atoms with Gasteiger partial charge in [0, 0.05) is 28.0 Å². The van der Waals surface area contributed by atoms with E-state index in [2.05, 4.69) is 107 Å². The third kappa shape index (κ3) is 3.94. The Labute approximate surface area is 233 Å². The van der Waals surface area contributed by atoms with Crippen LogP contribution in [0.5, 0.6) is 0 Å². The highest BCUT2D eigenvalue weighted by Gasteiger charge is 2.42. The van der Waals surface area contributed by atoms with Crippen LogP contribution in [0.15, 0.2) is 121 Å². The minimum atomic E-state index is -0.670. The standard InChI is InChI=1S/C33H27Cl2N3/c1-36-32-27-22-23(31-28(34)18-11-19-29(31)35)20-21-30(27)38(37-32)33(24-12-5-2-6-13-24,25-14-7-3-8-15-25)26-16-9-4-10-17-26/h2-3,5-9,11-22H,4,10H2,1H3,(H,36,37). The Balaban J connectivity index is 1.70. The van der Waals surface area contributed by atoms with Crippen molar-refractivity contribution in [2.75, 3.05) is 12.4 Å². The minimum absolute atomic E-state index is 0.621. The first-order chi connectivity index (χ1) is 18.6. The fraction of sp³-hybridized carbons (Fsp3) is 0.121. The zero-order valence-electron chi connectivity index (χ0n) is 21.0. The summed E-state index contributed by atoms with van der Waals surface area (Å²) in [5, 5.41) is 10.8. The van der Waals surface area contributed by atoms with E-state index in [1.807, 2.05) is 25.2 Å². The number of aromatic nitrogens is 2. The van der Waals surface area contributed by atoms with Gasteiger partial charge in [-0.2, -0.15) is 5.10 Å². The van der Waals surface area contributed by atoms with Crippen molar-refractivity contribution in [2.45, 2.75) is 18.4 Å². The Morgan fingerprint density at radius 3 is 2.03 bits per heavy atom. The molecule has 0 amide bonds. The summed E-state index contributed by atoms with van der Waals surface area (Å²) in [6, 6.07) is 33.2. The topological polar surface area (TPSA) is 29.9 Å². The van der Waals surface area contributed by atoms with Crippen molar-refractivity contribution in [3.8, 4) is 11.1 Å². The van der Waals surface area contributed by atoms with E-state index in [9.17, 15) is 0 Å². The number of halogens is 2. The van der Waals surface area contributed by atoms with Crippen LogP contribution >= 0.6 is 23.2 Å². The molecule has 0 spiro atoms. The van der Waals surface area contributed by atoms with Crippen LogP contribution in [0.3, 0.4) is 0 Å². The highest BCUT2D eigenvalue weighted by atomic mass is 35.5. The SMILES string of the molecule is CNc1nn(C(C2=CCCC=C2)(c2ccccc2)c2ccccc2)c2ccc(-c3c(Cl)cccc3Cl)cc12. The average molecular weight is 537 g/mol. The fourth-order valence-electron chi connectivity index (χ4n) is 5.59. The Kier molecular flexibility index (Phi) is 6.57. The maximum absolute atomic E-state index is 6.59. The smallest absolute Gasteiger partial charge is 0.155 e. The van der Waals surface area contributed by atoms with Crippen molar-refractivity contribution in [2.24, 2.45) is 0 Å². The normalized spacial score (nSPS) is 13.5. The van der Waals surface area contributed by atoms with Crippen LogP contribution in [0, 0.1) is 0 Å². The van der Waals surface area contributed by atoms with E-state index in [1.165, 1.54) is 5.57 Å². The van der Waals surface area contributed by atoms with Gasteiger partial charge in [-0.1, -0.05) is 114 Å². The van der Waals surface area contributed by atoms with Crippen LogP contribution in [0.25, 0.3) is 22.0 Å². The number of anilines is 1. The van der Waals surface area contributed by atoms with Crippen LogP contribution in [0.4, 0.5) is 5.82 Å². The molecule has 38 heavy (non-hydrogen) atoms. The predicted molar refractivity (Wildman–Crippen MR) is 160 cm³/mol. The first-order valence-electron chi connectivity index (χ1n) is 12.8. The molecule has 5 heteroatoms. The van der Waals surface area contributed by atoms with E-state index < -0.39 is 5.54 Å². The lowest BCUT2D eigenvalue weighted by molar-refractivity contribution is 0.473. The average Bonchev–Trinajstić information content (AvgIpc) is 3.33. The number of nitrogens with zero attached hydrogens (tertiary/aromatic N) is 2. The number of nitrogens with one attached hydrogen (secondary N) is 1. The molecule has 0 bridgehead atoms. The molecule has 0 atom stereocenters. The van der Waals surface area contributed by atoms with Crippen LogP contribution in [-0.4, -0.2) is 16.8 Å². The van der Waals surface area contributed by atoms with E-state index in [-0.39, 0.29) is 0 Å². The lowest BCUT2D eigenvalue weighted by Crippen LogP contribution is -2.39. The molecule has 0 saturated heterocycles. The summed E-state index contributed by atoms with van der Waals surface area (Å²) in [5.41, 5.74) is 5.61. The molecule has 0 aliphatic heterocycles. The summed E-state index contributed by atoms with van der Waals surface area (Å²) in [6.45, 7) is 0. The molecular formula is C33H27Cl2N3. The molecule has 6 rings (SSSR count). The lowest BCUT2D eigenvalue weighted by atomic mass is 9.75. The van der Waals surface area contributed by atoms with Crippen molar-refractivity contribution in [1.29, 1.82) is 0 Å². The van der Waals surface area contributed by atoms with Crippen molar-refractivity contribution < 1.29 is 0 Å².